The Labute approximate surface area is 99.3 Å². The van der Waals surface area contributed by atoms with Crippen molar-refractivity contribution in [3.63, 3.8) is 0 Å². The molecule has 2 rings (SSSR count). The molecule has 0 amide bonds. The molecule has 1 N–H and O–H groups in total. The molecule has 1 aromatic rings. The van der Waals surface area contributed by atoms with Gasteiger partial charge < -0.3 is 5.32 Å². The Kier molecular flexibility index (Phi) is 3.65. The molecule has 16 heavy (non-hydrogen) atoms. The second-order valence-electron chi connectivity index (χ2n) is 5.11. The average Bonchev–Trinajstić information content (AvgIpc) is 3.08. The fraction of sp³-hybridized carbons (Fsp3) is 0.600. The van der Waals surface area contributed by atoms with Gasteiger partial charge >= 0.3 is 0 Å². The molecule has 1 heteroatoms. The molecule has 0 spiro atoms. The van der Waals surface area contributed by atoms with E-state index in [-0.39, 0.29) is 0 Å². The van der Waals surface area contributed by atoms with Gasteiger partial charge in [-0.3, -0.25) is 0 Å². The summed E-state index contributed by atoms with van der Waals surface area (Å²) in [4.78, 5) is 0. The molecule has 0 aromatic heterocycles. The van der Waals surface area contributed by atoms with Gasteiger partial charge in [-0.05, 0) is 62.3 Å². The highest BCUT2D eigenvalue weighted by molar-refractivity contribution is 5.32. The number of hydrogen-bond acceptors (Lipinski definition) is 1. The highest BCUT2D eigenvalue weighted by Crippen LogP contribution is 2.41. The summed E-state index contributed by atoms with van der Waals surface area (Å²) in [6.45, 7) is 7.76. The first kappa shape index (κ1) is 11.7. The van der Waals surface area contributed by atoms with Gasteiger partial charge in [0.05, 0.1) is 0 Å². The predicted molar refractivity (Wildman–Crippen MR) is 69.7 cm³/mol. The summed E-state index contributed by atoms with van der Waals surface area (Å²) < 4.78 is 0. The van der Waals surface area contributed by atoms with Gasteiger partial charge in [-0.25, -0.2) is 0 Å². The number of rotatable bonds is 5. The highest BCUT2D eigenvalue weighted by Gasteiger charge is 2.31. The van der Waals surface area contributed by atoms with Crippen LogP contribution in [0.4, 0.5) is 0 Å². The Morgan fingerprint density at radius 2 is 2.00 bits per heavy atom. The van der Waals surface area contributed by atoms with Gasteiger partial charge in [-0.1, -0.05) is 25.1 Å². The quantitative estimate of drug-likeness (QED) is 0.792. The topological polar surface area (TPSA) is 12.0 Å². The zero-order valence-corrected chi connectivity index (χ0v) is 10.7. The van der Waals surface area contributed by atoms with Gasteiger partial charge in [0.1, 0.15) is 0 Å². The molecule has 1 fully saturated rings. The smallest absolute Gasteiger partial charge is 0.0348 e. The van der Waals surface area contributed by atoms with Crippen LogP contribution in [0.5, 0.6) is 0 Å². The predicted octanol–water partition coefficient (Wildman–Crippen LogP) is 3.75. The van der Waals surface area contributed by atoms with Crippen molar-refractivity contribution < 1.29 is 0 Å². The first-order chi connectivity index (χ1) is 7.72. The van der Waals surface area contributed by atoms with Crippen LogP contribution >= 0.6 is 0 Å². The van der Waals surface area contributed by atoms with E-state index in [2.05, 4.69) is 44.3 Å². The fourth-order valence-electron chi connectivity index (χ4n) is 2.24. The van der Waals surface area contributed by atoms with Gasteiger partial charge in [-0.15, -0.1) is 0 Å². The van der Waals surface area contributed by atoms with Crippen LogP contribution in [0.2, 0.25) is 0 Å². The Bertz CT molecular complexity index is 352. The maximum absolute atomic E-state index is 3.69. The van der Waals surface area contributed by atoms with Crippen LogP contribution in [-0.2, 0) is 0 Å². The maximum atomic E-state index is 3.69. The summed E-state index contributed by atoms with van der Waals surface area (Å²) in [7, 11) is 0. The van der Waals surface area contributed by atoms with Crippen LogP contribution in [0.3, 0.4) is 0 Å². The van der Waals surface area contributed by atoms with Gasteiger partial charge in [-0.2, -0.15) is 0 Å². The monoisotopic (exact) mass is 217 g/mol. The molecule has 0 heterocycles. The Balaban J connectivity index is 2.14. The third-order valence-corrected chi connectivity index (χ3v) is 3.60. The van der Waals surface area contributed by atoms with Crippen LogP contribution in [0, 0.1) is 19.8 Å². The molecule has 0 aliphatic heterocycles. The molecule has 0 saturated heterocycles. The number of nitrogens with one attached hydrogen (secondary N) is 1. The van der Waals surface area contributed by atoms with Crippen molar-refractivity contribution in [2.45, 2.75) is 46.1 Å². The summed E-state index contributed by atoms with van der Waals surface area (Å²) in [6.07, 6.45) is 4.01. The first-order valence-electron chi connectivity index (χ1n) is 6.53. The second-order valence-corrected chi connectivity index (χ2v) is 5.11. The molecular weight excluding hydrogens is 194 g/mol. The number of benzene rings is 1. The lowest BCUT2D eigenvalue weighted by molar-refractivity contribution is 0.481. The minimum atomic E-state index is 0.597. The molecule has 1 atom stereocenters. The van der Waals surface area contributed by atoms with E-state index < -0.39 is 0 Å². The van der Waals surface area contributed by atoms with Crippen molar-refractivity contribution >= 4 is 0 Å². The van der Waals surface area contributed by atoms with Crippen LogP contribution in [-0.4, -0.2) is 6.54 Å². The van der Waals surface area contributed by atoms with E-state index in [0.29, 0.717) is 6.04 Å². The third kappa shape index (κ3) is 2.65. The van der Waals surface area contributed by atoms with Crippen molar-refractivity contribution in [3.05, 3.63) is 34.9 Å². The van der Waals surface area contributed by atoms with Crippen LogP contribution in [0.25, 0.3) is 0 Å². The van der Waals surface area contributed by atoms with E-state index in [1.807, 2.05) is 0 Å². The van der Waals surface area contributed by atoms with Gasteiger partial charge in [0, 0.05) is 6.04 Å². The summed E-state index contributed by atoms with van der Waals surface area (Å²) >= 11 is 0. The van der Waals surface area contributed by atoms with Crippen molar-refractivity contribution in [3.8, 4) is 0 Å². The van der Waals surface area contributed by atoms with Gasteiger partial charge in [0.25, 0.3) is 0 Å². The molecule has 1 aromatic carbocycles. The van der Waals surface area contributed by atoms with Crippen molar-refractivity contribution in [1.29, 1.82) is 0 Å². The fourth-order valence-corrected chi connectivity index (χ4v) is 2.24. The Morgan fingerprint density at radius 1 is 1.25 bits per heavy atom. The molecule has 1 aliphatic carbocycles. The molecule has 1 unspecified atom stereocenters. The SMILES string of the molecule is CCCNC(c1ccc(C)c(C)c1)C1CC1. The van der Waals surface area contributed by atoms with E-state index in [1.165, 1.54) is 36.0 Å². The van der Waals surface area contributed by atoms with Crippen molar-refractivity contribution in [2.24, 2.45) is 5.92 Å². The lowest BCUT2D eigenvalue weighted by Crippen LogP contribution is -2.23. The highest BCUT2D eigenvalue weighted by atomic mass is 14.9. The third-order valence-electron chi connectivity index (χ3n) is 3.60. The number of aryl methyl sites for hydroxylation is 2. The molecule has 0 radical (unpaired) electrons. The molecule has 1 saturated carbocycles. The van der Waals surface area contributed by atoms with E-state index in [4.69, 9.17) is 0 Å². The first-order valence-corrected chi connectivity index (χ1v) is 6.53. The summed E-state index contributed by atoms with van der Waals surface area (Å²) in [5, 5.41) is 3.69. The lowest BCUT2D eigenvalue weighted by Gasteiger charge is -2.19. The van der Waals surface area contributed by atoms with Crippen LogP contribution in [0.1, 0.15) is 48.9 Å². The Hall–Kier alpha value is -0.820. The zero-order chi connectivity index (χ0) is 11.5. The van der Waals surface area contributed by atoms with E-state index in [9.17, 15) is 0 Å². The molecule has 0 bridgehead atoms. The summed E-state index contributed by atoms with van der Waals surface area (Å²) in [6, 6.07) is 7.52. The number of hydrogen-bond donors (Lipinski definition) is 1. The average molecular weight is 217 g/mol. The van der Waals surface area contributed by atoms with Crippen LogP contribution < -0.4 is 5.32 Å². The molecular formula is C15H23N. The molecule has 1 aliphatic rings. The van der Waals surface area contributed by atoms with Crippen LogP contribution in [0.15, 0.2) is 18.2 Å². The molecule has 88 valence electrons. The van der Waals surface area contributed by atoms with Crippen molar-refractivity contribution in [2.75, 3.05) is 6.54 Å². The van der Waals surface area contributed by atoms with Gasteiger partial charge in [0.15, 0.2) is 0 Å². The summed E-state index contributed by atoms with van der Waals surface area (Å²) in [5.41, 5.74) is 4.30. The zero-order valence-electron chi connectivity index (χ0n) is 10.7. The standard InChI is InChI=1S/C15H23N/c1-4-9-16-15(13-7-8-13)14-6-5-11(2)12(3)10-14/h5-6,10,13,15-16H,4,7-9H2,1-3H3. The maximum Gasteiger partial charge on any atom is 0.0348 e. The van der Waals surface area contributed by atoms with Gasteiger partial charge in [0.2, 0.25) is 0 Å². The van der Waals surface area contributed by atoms with Crippen molar-refractivity contribution in [1.82, 2.24) is 5.32 Å². The minimum absolute atomic E-state index is 0.597. The van der Waals surface area contributed by atoms with E-state index >= 15 is 0 Å². The summed E-state index contributed by atoms with van der Waals surface area (Å²) in [5.74, 6) is 0.883. The van der Waals surface area contributed by atoms with E-state index in [0.717, 1.165) is 12.5 Å². The minimum Gasteiger partial charge on any atom is -0.310 e. The molecule has 1 nitrogen and oxygen atoms in total. The normalized spacial score (nSPS) is 17.4. The lowest BCUT2D eigenvalue weighted by atomic mass is 9.98. The Morgan fingerprint density at radius 3 is 2.56 bits per heavy atom. The van der Waals surface area contributed by atoms with E-state index in [1.54, 1.807) is 0 Å². The largest absolute Gasteiger partial charge is 0.310 e. The second kappa shape index (κ2) is 5.01.